The van der Waals surface area contributed by atoms with Crippen LogP contribution in [0, 0.1) is 5.41 Å². The lowest BCUT2D eigenvalue weighted by Gasteiger charge is -2.27. The number of benzene rings is 1. The second kappa shape index (κ2) is 6.57. The summed E-state index contributed by atoms with van der Waals surface area (Å²) in [7, 11) is 0. The number of carboxylic acids is 1. The summed E-state index contributed by atoms with van der Waals surface area (Å²) in [6.45, 7) is 3.57. The molecule has 0 aliphatic heterocycles. The third-order valence-corrected chi connectivity index (χ3v) is 3.55. The first kappa shape index (κ1) is 15.5. The van der Waals surface area contributed by atoms with Crippen LogP contribution in [0.1, 0.15) is 33.1 Å². The zero-order valence-corrected chi connectivity index (χ0v) is 11.7. The maximum Gasteiger partial charge on any atom is 0.318 e. The normalized spacial score (nSPS) is 11.1. The molecule has 19 heavy (non-hydrogen) atoms. The minimum Gasteiger partial charge on any atom is -0.481 e. The zero-order valence-electron chi connectivity index (χ0n) is 11.0. The smallest absolute Gasteiger partial charge is 0.318 e. The van der Waals surface area contributed by atoms with Crippen LogP contribution < -0.4 is 4.74 Å². The van der Waals surface area contributed by atoms with Crippen molar-refractivity contribution in [1.82, 2.24) is 0 Å². The summed E-state index contributed by atoms with van der Waals surface area (Å²) in [5.41, 5.74) is -0.981. The van der Waals surface area contributed by atoms with Gasteiger partial charge in [0.15, 0.2) is 0 Å². The molecule has 1 N–H and O–H groups in total. The topological polar surface area (TPSA) is 63.6 Å². The Morgan fingerprint density at radius 2 is 1.74 bits per heavy atom. The minimum absolute atomic E-state index is 0.230. The number of carbonyl (C=O) groups excluding carboxylic acids is 1. The van der Waals surface area contributed by atoms with Crippen molar-refractivity contribution in [3.05, 3.63) is 29.3 Å². The van der Waals surface area contributed by atoms with E-state index in [1.807, 2.05) is 0 Å². The van der Waals surface area contributed by atoms with Crippen molar-refractivity contribution in [2.75, 3.05) is 0 Å². The fraction of sp³-hybridized carbons (Fsp3) is 0.429. The van der Waals surface area contributed by atoms with Gasteiger partial charge in [-0.25, -0.2) is 0 Å². The minimum atomic E-state index is -1.00. The molecule has 0 atom stereocenters. The summed E-state index contributed by atoms with van der Waals surface area (Å²) < 4.78 is 5.26. The van der Waals surface area contributed by atoms with Gasteiger partial charge < -0.3 is 9.84 Å². The van der Waals surface area contributed by atoms with E-state index in [1.165, 1.54) is 0 Å². The maximum absolute atomic E-state index is 12.2. The molecule has 0 aromatic heterocycles. The number of carbonyl (C=O) groups is 2. The molecule has 0 amide bonds. The van der Waals surface area contributed by atoms with Crippen LogP contribution in [0.2, 0.25) is 5.02 Å². The molecule has 0 radical (unpaired) electrons. The molecule has 1 rings (SSSR count). The molecule has 1 aromatic carbocycles. The molecule has 0 unspecified atom stereocenters. The number of hydrogen-bond acceptors (Lipinski definition) is 3. The van der Waals surface area contributed by atoms with Crippen LogP contribution >= 0.6 is 11.6 Å². The molecule has 0 saturated carbocycles. The van der Waals surface area contributed by atoms with Gasteiger partial charge in [-0.05, 0) is 37.1 Å². The second-order valence-electron chi connectivity index (χ2n) is 4.40. The van der Waals surface area contributed by atoms with Crippen LogP contribution in [0.25, 0.3) is 0 Å². The first-order chi connectivity index (χ1) is 8.93. The highest BCUT2D eigenvalue weighted by Crippen LogP contribution is 2.33. The Morgan fingerprint density at radius 3 is 2.16 bits per heavy atom. The lowest BCUT2D eigenvalue weighted by molar-refractivity contribution is -0.154. The van der Waals surface area contributed by atoms with Gasteiger partial charge in [-0.15, -0.1) is 0 Å². The van der Waals surface area contributed by atoms with Gasteiger partial charge in [0, 0.05) is 5.02 Å². The van der Waals surface area contributed by atoms with E-state index in [9.17, 15) is 9.59 Å². The molecule has 0 saturated heterocycles. The Kier molecular flexibility index (Phi) is 5.36. The quantitative estimate of drug-likeness (QED) is 0.641. The van der Waals surface area contributed by atoms with Crippen molar-refractivity contribution in [3.8, 4) is 5.75 Å². The molecule has 0 spiro atoms. The van der Waals surface area contributed by atoms with E-state index in [0.29, 0.717) is 23.6 Å². The number of esters is 1. The average molecular weight is 285 g/mol. The number of carboxylic acid groups (broad SMARTS) is 1. The molecule has 0 aliphatic rings. The number of halogens is 1. The van der Waals surface area contributed by atoms with Crippen molar-refractivity contribution < 1.29 is 19.4 Å². The van der Waals surface area contributed by atoms with E-state index in [4.69, 9.17) is 21.4 Å². The van der Waals surface area contributed by atoms with Crippen LogP contribution in [-0.4, -0.2) is 17.0 Å². The SMILES string of the molecule is CCC(CC)(CC(=O)O)C(=O)Oc1ccc(Cl)cc1. The van der Waals surface area contributed by atoms with Crippen LogP contribution in [0.3, 0.4) is 0 Å². The van der Waals surface area contributed by atoms with Crippen molar-refractivity contribution in [2.45, 2.75) is 33.1 Å². The zero-order chi connectivity index (χ0) is 14.5. The summed E-state index contributed by atoms with van der Waals surface area (Å²) in [5, 5.41) is 9.48. The molecule has 0 bridgehead atoms. The molecule has 0 aliphatic carbocycles. The predicted molar refractivity (Wildman–Crippen MR) is 72.4 cm³/mol. The molecule has 104 valence electrons. The van der Waals surface area contributed by atoms with Gasteiger partial charge in [-0.3, -0.25) is 9.59 Å². The second-order valence-corrected chi connectivity index (χ2v) is 4.84. The molecular formula is C14H17ClO4. The van der Waals surface area contributed by atoms with Crippen molar-refractivity contribution in [2.24, 2.45) is 5.41 Å². The molecule has 0 heterocycles. The first-order valence-corrected chi connectivity index (χ1v) is 6.51. The molecule has 1 aromatic rings. The maximum atomic E-state index is 12.2. The molecule has 4 nitrogen and oxygen atoms in total. The number of aliphatic carboxylic acids is 1. The summed E-state index contributed by atoms with van der Waals surface area (Å²) >= 11 is 5.74. The highest BCUT2D eigenvalue weighted by Gasteiger charge is 2.39. The monoisotopic (exact) mass is 284 g/mol. The van der Waals surface area contributed by atoms with E-state index < -0.39 is 17.4 Å². The van der Waals surface area contributed by atoms with Crippen LogP contribution in [-0.2, 0) is 9.59 Å². The van der Waals surface area contributed by atoms with Crippen molar-refractivity contribution in [3.63, 3.8) is 0 Å². The molecule has 5 heteroatoms. The highest BCUT2D eigenvalue weighted by atomic mass is 35.5. The standard InChI is InChI=1S/C14H17ClO4/c1-3-14(4-2,9-12(16)17)13(18)19-11-7-5-10(15)6-8-11/h5-8H,3-4,9H2,1-2H3,(H,16,17). The number of ether oxygens (including phenoxy) is 1. The Morgan fingerprint density at radius 1 is 1.21 bits per heavy atom. The Hall–Kier alpha value is -1.55. The van der Waals surface area contributed by atoms with Gasteiger partial charge in [-0.2, -0.15) is 0 Å². The molecular weight excluding hydrogens is 268 g/mol. The lowest BCUT2D eigenvalue weighted by atomic mass is 9.79. The largest absolute Gasteiger partial charge is 0.481 e. The predicted octanol–water partition coefficient (Wildman–Crippen LogP) is 3.53. The van der Waals surface area contributed by atoms with Crippen LogP contribution in [0.15, 0.2) is 24.3 Å². The van der Waals surface area contributed by atoms with Gasteiger partial charge in [0.1, 0.15) is 5.75 Å². The fourth-order valence-corrected chi connectivity index (χ4v) is 1.99. The summed E-state index contributed by atoms with van der Waals surface area (Å²) in [6, 6.07) is 6.38. The third-order valence-electron chi connectivity index (χ3n) is 3.30. The van der Waals surface area contributed by atoms with E-state index in [0.717, 1.165) is 0 Å². The van der Waals surface area contributed by atoms with Gasteiger partial charge in [0.05, 0.1) is 11.8 Å². The van der Waals surface area contributed by atoms with Crippen LogP contribution in [0.5, 0.6) is 5.75 Å². The summed E-state index contributed by atoms with van der Waals surface area (Å²) in [6.07, 6.45) is 0.608. The van der Waals surface area contributed by atoms with E-state index in [1.54, 1.807) is 38.1 Å². The highest BCUT2D eigenvalue weighted by molar-refractivity contribution is 6.30. The van der Waals surface area contributed by atoms with E-state index in [2.05, 4.69) is 0 Å². The molecule has 0 fully saturated rings. The van der Waals surface area contributed by atoms with Gasteiger partial charge in [0.25, 0.3) is 0 Å². The van der Waals surface area contributed by atoms with Gasteiger partial charge >= 0.3 is 11.9 Å². The third kappa shape index (κ3) is 3.96. The fourth-order valence-electron chi connectivity index (χ4n) is 1.87. The van der Waals surface area contributed by atoms with Crippen LogP contribution in [0.4, 0.5) is 0 Å². The summed E-state index contributed by atoms with van der Waals surface area (Å²) in [5.74, 6) is -1.15. The van der Waals surface area contributed by atoms with Crippen molar-refractivity contribution >= 4 is 23.5 Å². The van der Waals surface area contributed by atoms with E-state index in [-0.39, 0.29) is 6.42 Å². The Balaban J connectivity index is 2.88. The first-order valence-electron chi connectivity index (χ1n) is 6.13. The van der Waals surface area contributed by atoms with Crippen molar-refractivity contribution in [1.29, 1.82) is 0 Å². The van der Waals surface area contributed by atoms with Gasteiger partial charge in [-0.1, -0.05) is 25.4 Å². The number of hydrogen-bond donors (Lipinski definition) is 1. The average Bonchev–Trinajstić information content (AvgIpc) is 2.38. The lowest BCUT2D eigenvalue weighted by Crippen LogP contribution is -2.36. The summed E-state index contributed by atoms with van der Waals surface area (Å²) in [4.78, 5) is 23.1. The van der Waals surface area contributed by atoms with Gasteiger partial charge in [0.2, 0.25) is 0 Å². The Labute approximate surface area is 117 Å². The van der Waals surface area contributed by atoms with E-state index >= 15 is 0 Å². The Bertz CT molecular complexity index is 449. The number of rotatable bonds is 6.